The number of carbonyl (C=O) groups is 1. The molecule has 1 amide bonds. The van der Waals surface area contributed by atoms with Crippen LogP contribution in [0, 0.1) is 12.7 Å². The number of H-pyrrole nitrogens is 2. The minimum atomic E-state index is -0.874. The van der Waals surface area contributed by atoms with E-state index in [2.05, 4.69) is 30.4 Å². The number of hydrogen-bond acceptors (Lipinski definition) is 10. The smallest absolute Gasteiger partial charge is 0.305 e. The third-order valence-electron chi connectivity index (χ3n) is 8.62. The second-order valence-electron chi connectivity index (χ2n) is 12.0. The highest BCUT2D eigenvalue weighted by atomic mass is 32.1. The Hall–Kier alpha value is -3.69. The van der Waals surface area contributed by atoms with Crippen LogP contribution in [0.25, 0.3) is 10.2 Å². The van der Waals surface area contributed by atoms with E-state index in [1.807, 2.05) is 17.9 Å². The van der Waals surface area contributed by atoms with Crippen LogP contribution in [0.2, 0.25) is 0 Å². The van der Waals surface area contributed by atoms with Crippen LogP contribution in [0.15, 0.2) is 35.1 Å². The summed E-state index contributed by atoms with van der Waals surface area (Å²) in [6.45, 7) is 6.39. The van der Waals surface area contributed by atoms with Gasteiger partial charge in [0.05, 0.1) is 29.4 Å². The van der Waals surface area contributed by atoms with Gasteiger partial charge < -0.3 is 30.2 Å². The van der Waals surface area contributed by atoms with E-state index in [1.54, 1.807) is 12.1 Å². The van der Waals surface area contributed by atoms with Crippen LogP contribution in [0.3, 0.4) is 0 Å². The number of phenols is 1. The van der Waals surface area contributed by atoms with Crippen LogP contribution in [0.4, 0.5) is 4.39 Å². The maximum Gasteiger partial charge on any atom is 0.305 e. The molecule has 5 N–H and O–H groups in total. The summed E-state index contributed by atoms with van der Waals surface area (Å²) in [5.74, 6) is 0.883. The SMILES string of the molecule is Cc1nc(CC(=O)N2CCOC3(CCN(Cc4cc(F)cc(CCNCC(O)c5ccc(O)c6[nH]c(=O)sc56)c4)CC3)C2)n[nH]1. The Kier molecular flexibility index (Phi) is 9.28. The van der Waals surface area contributed by atoms with Gasteiger partial charge in [0.15, 0.2) is 5.82 Å². The number of hydrogen-bond donors (Lipinski definition) is 5. The zero-order chi connectivity index (χ0) is 31.6. The van der Waals surface area contributed by atoms with Crippen LogP contribution in [0.5, 0.6) is 5.75 Å². The van der Waals surface area contributed by atoms with Crippen LogP contribution in [0.1, 0.15) is 47.3 Å². The summed E-state index contributed by atoms with van der Waals surface area (Å²) < 4.78 is 21.4. The zero-order valence-electron chi connectivity index (χ0n) is 25.1. The Morgan fingerprint density at radius 3 is 2.80 bits per heavy atom. The molecular weight excluding hydrogens is 601 g/mol. The number of phenolic OH excluding ortho intramolecular Hbond substituents is 1. The molecule has 2 aromatic carbocycles. The van der Waals surface area contributed by atoms with Crippen molar-refractivity contribution in [3.05, 3.63) is 74.2 Å². The highest BCUT2D eigenvalue weighted by molar-refractivity contribution is 7.16. The average molecular weight is 640 g/mol. The van der Waals surface area contributed by atoms with E-state index in [0.29, 0.717) is 66.6 Å². The maximum atomic E-state index is 14.6. The van der Waals surface area contributed by atoms with Crippen molar-refractivity contribution in [3.63, 3.8) is 0 Å². The largest absolute Gasteiger partial charge is 0.506 e. The summed E-state index contributed by atoms with van der Waals surface area (Å²) in [5, 5.41) is 30.8. The number of aromatic nitrogens is 4. The van der Waals surface area contributed by atoms with Gasteiger partial charge in [-0.25, -0.2) is 9.37 Å². The summed E-state index contributed by atoms with van der Waals surface area (Å²) >= 11 is 0.951. The maximum absolute atomic E-state index is 14.6. The van der Waals surface area contributed by atoms with E-state index in [-0.39, 0.29) is 40.9 Å². The Morgan fingerprint density at radius 2 is 2.02 bits per heavy atom. The van der Waals surface area contributed by atoms with Crippen molar-refractivity contribution < 1.29 is 24.1 Å². The number of rotatable bonds is 10. The Labute approximate surface area is 263 Å². The number of aliphatic hydroxyl groups excluding tert-OH is 1. The van der Waals surface area contributed by atoms with Crippen molar-refractivity contribution in [2.45, 2.75) is 50.9 Å². The van der Waals surface area contributed by atoms with E-state index in [0.717, 1.165) is 48.4 Å². The molecule has 6 rings (SSSR count). The molecule has 4 heterocycles. The molecule has 240 valence electrons. The minimum Gasteiger partial charge on any atom is -0.506 e. The molecule has 12 nitrogen and oxygen atoms in total. The minimum absolute atomic E-state index is 0.00652. The van der Waals surface area contributed by atoms with E-state index in [4.69, 9.17) is 4.74 Å². The third kappa shape index (κ3) is 7.42. The van der Waals surface area contributed by atoms with Crippen LogP contribution >= 0.6 is 11.3 Å². The van der Waals surface area contributed by atoms with Crippen molar-refractivity contribution in [2.24, 2.45) is 0 Å². The number of aryl methyl sites for hydroxylation is 1. The number of aromatic amines is 2. The van der Waals surface area contributed by atoms with E-state index < -0.39 is 6.10 Å². The van der Waals surface area contributed by atoms with Gasteiger partial charge in [-0.1, -0.05) is 23.5 Å². The summed E-state index contributed by atoms with van der Waals surface area (Å²) in [6.07, 6.45) is 1.45. The fourth-order valence-electron chi connectivity index (χ4n) is 6.29. The monoisotopic (exact) mass is 639 g/mol. The van der Waals surface area contributed by atoms with Gasteiger partial charge in [-0.2, -0.15) is 5.10 Å². The molecule has 0 saturated carbocycles. The molecule has 2 aliphatic heterocycles. The number of morpholine rings is 1. The zero-order valence-corrected chi connectivity index (χ0v) is 26.0. The second-order valence-corrected chi connectivity index (χ2v) is 13.0. The highest BCUT2D eigenvalue weighted by Crippen LogP contribution is 2.32. The lowest BCUT2D eigenvalue weighted by Crippen LogP contribution is -2.58. The lowest BCUT2D eigenvalue weighted by Gasteiger charge is -2.47. The van der Waals surface area contributed by atoms with E-state index in [1.165, 1.54) is 12.1 Å². The number of amides is 1. The number of aromatic hydroxyl groups is 1. The molecule has 0 aliphatic carbocycles. The fourth-order valence-corrected chi connectivity index (χ4v) is 7.21. The molecule has 14 heteroatoms. The molecule has 1 atom stereocenters. The first-order valence-electron chi connectivity index (χ1n) is 15.2. The Morgan fingerprint density at radius 1 is 1.22 bits per heavy atom. The number of halogens is 1. The molecule has 2 aromatic heterocycles. The molecule has 2 saturated heterocycles. The predicted octanol–water partition coefficient (Wildman–Crippen LogP) is 2.16. The van der Waals surface area contributed by atoms with Gasteiger partial charge in [-0.15, -0.1) is 0 Å². The highest BCUT2D eigenvalue weighted by Gasteiger charge is 2.41. The summed E-state index contributed by atoms with van der Waals surface area (Å²) in [6, 6.07) is 8.21. The quantitative estimate of drug-likeness (QED) is 0.164. The van der Waals surface area contributed by atoms with E-state index >= 15 is 0 Å². The number of nitrogens with zero attached hydrogens (tertiary/aromatic N) is 4. The van der Waals surface area contributed by atoms with Gasteiger partial charge in [0, 0.05) is 44.8 Å². The number of nitrogens with one attached hydrogen (secondary N) is 3. The first-order chi connectivity index (χ1) is 21.7. The molecule has 1 unspecified atom stereocenters. The van der Waals surface area contributed by atoms with Crippen molar-refractivity contribution in [3.8, 4) is 5.75 Å². The summed E-state index contributed by atoms with van der Waals surface area (Å²) in [7, 11) is 0. The van der Waals surface area contributed by atoms with Crippen molar-refractivity contribution in [1.82, 2.24) is 35.3 Å². The molecule has 4 aromatic rings. The number of carbonyl (C=O) groups excluding carboxylic acids is 1. The number of ether oxygens (including phenoxy) is 1. The third-order valence-corrected chi connectivity index (χ3v) is 9.55. The second kappa shape index (κ2) is 13.3. The lowest BCUT2D eigenvalue weighted by atomic mass is 9.89. The topological polar surface area (TPSA) is 160 Å². The van der Waals surface area contributed by atoms with Crippen LogP contribution in [-0.4, -0.2) is 97.6 Å². The Bertz CT molecular complexity index is 1710. The first kappa shape index (κ1) is 31.3. The fraction of sp³-hybridized carbons (Fsp3) is 0.484. The van der Waals surface area contributed by atoms with Gasteiger partial charge in [0.25, 0.3) is 0 Å². The number of piperidine rings is 1. The Balaban J connectivity index is 0.978. The van der Waals surface area contributed by atoms with E-state index in [9.17, 15) is 24.2 Å². The molecule has 0 bridgehead atoms. The van der Waals surface area contributed by atoms with Gasteiger partial charge in [0.2, 0.25) is 5.91 Å². The normalized spacial score (nSPS) is 17.7. The average Bonchev–Trinajstić information content (AvgIpc) is 3.61. The molecule has 0 radical (unpaired) electrons. The molecule has 2 aliphatic rings. The number of thiazole rings is 1. The number of likely N-dealkylation sites (tertiary alicyclic amines) is 1. The summed E-state index contributed by atoms with van der Waals surface area (Å²) in [4.78, 5) is 35.4. The first-order valence-corrected chi connectivity index (χ1v) is 16.0. The molecule has 2 fully saturated rings. The number of fused-ring (bicyclic) bond motifs is 1. The van der Waals surface area contributed by atoms with Gasteiger partial charge >= 0.3 is 4.87 Å². The predicted molar refractivity (Wildman–Crippen MR) is 167 cm³/mol. The van der Waals surface area contributed by atoms with Crippen molar-refractivity contribution >= 4 is 27.5 Å². The van der Waals surface area contributed by atoms with Gasteiger partial charge in [0.1, 0.15) is 22.9 Å². The molecule has 45 heavy (non-hydrogen) atoms. The van der Waals surface area contributed by atoms with Crippen LogP contribution in [-0.2, 0) is 28.9 Å². The molecule has 1 spiro atoms. The lowest BCUT2D eigenvalue weighted by molar-refractivity contribution is -0.159. The van der Waals surface area contributed by atoms with Gasteiger partial charge in [-0.05, 0) is 62.1 Å². The number of benzene rings is 2. The van der Waals surface area contributed by atoms with Gasteiger partial charge in [-0.3, -0.25) is 19.6 Å². The van der Waals surface area contributed by atoms with Crippen molar-refractivity contribution in [1.29, 1.82) is 0 Å². The molecular formula is C31H38FN7O5S. The van der Waals surface area contributed by atoms with Crippen molar-refractivity contribution in [2.75, 3.05) is 45.9 Å². The van der Waals surface area contributed by atoms with Crippen LogP contribution < -0.4 is 10.2 Å². The summed E-state index contributed by atoms with van der Waals surface area (Å²) in [5.41, 5.74) is 2.29. The number of aliphatic hydroxyl groups is 1. The standard InChI is InChI=1S/C31H38FN7O5S/c1-19-34-26(37-36-19)15-27(42)39-10-11-44-31(18-39)5-8-38(9-6-31)17-21-12-20(13-22(32)14-21)4-7-33-16-25(41)23-2-3-24(40)28-29(23)45-30(43)35-28/h2-3,12-14,25,33,40-41H,4-11,15-18H2,1H3,(H,35,43)(H,34,36,37).